The number of morpholine rings is 1. The zero-order valence-corrected chi connectivity index (χ0v) is 20.7. The van der Waals surface area contributed by atoms with Crippen LogP contribution in [0.25, 0.3) is 0 Å². The third-order valence-electron chi connectivity index (χ3n) is 6.51. The van der Waals surface area contributed by atoms with E-state index in [0.29, 0.717) is 6.61 Å². The van der Waals surface area contributed by atoms with E-state index < -0.39 is 0 Å². The van der Waals surface area contributed by atoms with E-state index in [-0.39, 0.29) is 41.3 Å². The number of aliphatic imine (C=N–C) groups is 1. The number of aryl methyl sites for hydroxylation is 1. The Kier molecular flexibility index (Phi) is 8.32. The highest BCUT2D eigenvalue weighted by Crippen LogP contribution is 2.39. The van der Waals surface area contributed by atoms with Gasteiger partial charge in [0.2, 0.25) is 0 Å². The Morgan fingerprint density at radius 3 is 2.81 bits per heavy atom. The molecule has 31 heavy (non-hydrogen) atoms. The number of guanidine groups is 1. The van der Waals surface area contributed by atoms with Gasteiger partial charge in [0.15, 0.2) is 5.96 Å². The van der Waals surface area contributed by atoms with Crippen LogP contribution in [0.5, 0.6) is 0 Å². The first-order valence-electron chi connectivity index (χ1n) is 10.9. The molecule has 6 nitrogen and oxygen atoms in total. The molecule has 170 valence electrons. The normalized spacial score (nSPS) is 21.5. The summed E-state index contributed by atoms with van der Waals surface area (Å²) in [6.45, 7) is 2.94. The lowest BCUT2D eigenvalue weighted by molar-refractivity contribution is -0.00815. The second-order valence-electron chi connectivity index (χ2n) is 8.50. The predicted molar refractivity (Wildman–Crippen MR) is 131 cm³/mol. The Morgan fingerprint density at radius 2 is 2.13 bits per heavy atom. The zero-order chi connectivity index (χ0) is 21.0. The standard InChI is InChI=1S/C23H32FN5O.HI/c1-25-22(29-11-12-30-21(16-29)18-14-27-28(2)15-18)26-17-23(9-4-3-5-10-23)19-7-6-8-20(24)13-19;/h6-8,13-15,21H,3-5,9-12,16-17H2,1-2H3,(H,25,26);1H. The van der Waals surface area contributed by atoms with Gasteiger partial charge in [-0.3, -0.25) is 9.67 Å². The molecular formula is C23H33FIN5O. The molecule has 0 amide bonds. The predicted octanol–water partition coefficient (Wildman–Crippen LogP) is 4.03. The second-order valence-corrected chi connectivity index (χ2v) is 8.50. The molecule has 1 aliphatic heterocycles. The number of hydrogen-bond acceptors (Lipinski definition) is 3. The highest BCUT2D eigenvalue weighted by molar-refractivity contribution is 14.0. The summed E-state index contributed by atoms with van der Waals surface area (Å²) in [5.74, 6) is 0.725. The Morgan fingerprint density at radius 1 is 1.32 bits per heavy atom. The minimum atomic E-state index is -0.158. The third-order valence-corrected chi connectivity index (χ3v) is 6.51. The molecule has 1 aromatic carbocycles. The van der Waals surface area contributed by atoms with E-state index in [2.05, 4.69) is 26.4 Å². The molecule has 2 heterocycles. The molecule has 8 heteroatoms. The summed E-state index contributed by atoms with van der Waals surface area (Å²) in [4.78, 5) is 6.81. The maximum absolute atomic E-state index is 14.0. The maximum Gasteiger partial charge on any atom is 0.193 e. The molecule has 2 aromatic rings. The van der Waals surface area contributed by atoms with Crippen molar-refractivity contribution in [3.05, 3.63) is 53.6 Å². The lowest BCUT2D eigenvalue weighted by Crippen LogP contribution is -2.51. The summed E-state index contributed by atoms with van der Waals surface area (Å²) in [6, 6.07) is 7.14. The fourth-order valence-corrected chi connectivity index (χ4v) is 4.84. The summed E-state index contributed by atoms with van der Waals surface area (Å²) < 4.78 is 21.8. The minimum Gasteiger partial charge on any atom is -0.370 e. The summed E-state index contributed by atoms with van der Waals surface area (Å²) in [5, 5.41) is 7.89. The molecular weight excluding hydrogens is 508 g/mol. The smallest absolute Gasteiger partial charge is 0.193 e. The molecule has 1 N–H and O–H groups in total. The molecule has 1 atom stereocenters. The third kappa shape index (κ3) is 5.58. The van der Waals surface area contributed by atoms with E-state index >= 15 is 0 Å². The van der Waals surface area contributed by atoms with Crippen LogP contribution in [0.3, 0.4) is 0 Å². The molecule has 1 unspecified atom stereocenters. The van der Waals surface area contributed by atoms with Crippen LogP contribution in [0.2, 0.25) is 0 Å². The number of nitrogens with zero attached hydrogens (tertiary/aromatic N) is 4. The van der Waals surface area contributed by atoms with Crippen molar-refractivity contribution in [2.45, 2.75) is 43.6 Å². The molecule has 4 rings (SSSR count). The number of ether oxygens (including phenoxy) is 1. The molecule has 1 aromatic heterocycles. The van der Waals surface area contributed by atoms with Crippen LogP contribution in [0.1, 0.15) is 49.3 Å². The molecule has 2 aliphatic rings. The number of rotatable bonds is 4. The Labute approximate surface area is 201 Å². The second kappa shape index (κ2) is 10.8. The first-order valence-corrected chi connectivity index (χ1v) is 10.9. The van der Waals surface area contributed by atoms with E-state index in [1.165, 1.54) is 25.3 Å². The maximum atomic E-state index is 14.0. The molecule has 0 bridgehead atoms. The zero-order valence-electron chi connectivity index (χ0n) is 18.4. The van der Waals surface area contributed by atoms with Crippen LogP contribution < -0.4 is 5.32 Å². The summed E-state index contributed by atoms with van der Waals surface area (Å²) in [7, 11) is 3.74. The lowest BCUT2D eigenvalue weighted by atomic mass is 9.69. The van der Waals surface area contributed by atoms with Gasteiger partial charge < -0.3 is 15.0 Å². The van der Waals surface area contributed by atoms with Crippen LogP contribution in [-0.4, -0.2) is 53.9 Å². The van der Waals surface area contributed by atoms with Crippen LogP contribution in [0, 0.1) is 5.82 Å². The fraction of sp³-hybridized carbons (Fsp3) is 0.565. The van der Waals surface area contributed by atoms with Gasteiger partial charge in [0, 0.05) is 44.4 Å². The molecule has 0 spiro atoms. The lowest BCUT2D eigenvalue weighted by Gasteiger charge is -2.40. The van der Waals surface area contributed by atoms with Gasteiger partial charge >= 0.3 is 0 Å². The van der Waals surface area contributed by atoms with Crippen LogP contribution in [0.4, 0.5) is 4.39 Å². The Bertz CT molecular complexity index is 880. The summed E-state index contributed by atoms with van der Waals surface area (Å²) in [6.07, 6.45) is 9.61. The Balaban J connectivity index is 0.00000272. The number of nitrogens with one attached hydrogen (secondary N) is 1. The average molecular weight is 541 g/mol. The van der Waals surface area contributed by atoms with Crippen molar-refractivity contribution < 1.29 is 9.13 Å². The topological polar surface area (TPSA) is 54.7 Å². The molecule has 1 saturated heterocycles. The first kappa shape index (κ1) is 24.0. The van der Waals surface area contributed by atoms with Crippen LogP contribution in [-0.2, 0) is 17.2 Å². The van der Waals surface area contributed by atoms with Crippen molar-refractivity contribution >= 4 is 29.9 Å². The molecule has 0 radical (unpaired) electrons. The van der Waals surface area contributed by atoms with Gasteiger partial charge in [0.1, 0.15) is 11.9 Å². The molecule has 1 saturated carbocycles. The van der Waals surface area contributed by atoms with Crippen molar-refractivity contribution in [1.29, 1.82) is 0 Å². The van der Waals surface area contributed by atoms with Crippen molar-refractivity contribution in [2.75, 3.05) is 33.3 Å². The van der Waals surface area contributed by atoms with Gasteiger partial charge in [0.25, 0.3) is 0 Å². The Hall–Kier alpha value is -1.68. The quantitative estimate of drug-likeness (QED) is 0.361. The van der Waals surface area contributed by atoms with Gasteiger partial charge in [-0.05, 0) is 30.5 Å². The first-order chi connectivity index (χ1) is 14.6. The molecule has 2 fully saturated rings. The number of aromatic nitrogens is 2. The minimum absolute atomic E-state index is 0. The average Bonchev–Trinajstić information content (AvgIpc) is 3.21. The van der Waals surface area contributed by atoms with E-state index in [1.807, 2.05) is 32.6 Å². The van der Waals surface area contributed by atoms with Gasteiger partial charge in [-0.2, -0.15) is 5.10 Å². The van der Waals surface area contributed by atoms with E-state index in [0.717, 1.165) is 49.6 Å². The van der Waals surface area contributed by atoms with Crippen molar-refractivity contribution in [2.24, 2.45) is 12.0 Å². The van der Waals surface area contributed by atoms with Gasteiger partial charge in [-0.15, -0.1) is 24.0 Å². The van der Waals surface area contributed by atoms with Crippen molar-refractivity contribution in [1.82, 2.24) is 20.0 Å². The SMILES string of the molecule is CN=C(NCC1(c2cccc(F)c2)CCCCC1)N1CCOC(c2cnn(C)c2)C1.I. The monoisotopic (exact) mass is 541 g/mol. The molecule has 1 aliphatic carbocycles. The van der Waals surface area contributed by atoms with Crippen LogP contribution >= 0.6 is 24.0 Å². The van der Waals surface area contributed by atoms with Crippen molar-refractivity contribution in [3.8, 4) is 0 Å². The van der Waals surface area contributed by atoms with Gasteiger partial charge in [-0.1, -0.05) is 31.4 Å². The van der Waals surface area contributed by atoms with E-state index in [9.17, 15) is 4.39 Å². The van der Waals surface area contributed by atoms with Crippen molar-refractivity contribution in [3.63, 3.8) is 0 Å². The van der Waals surface area contributed by atoms with E-state index in [1.54, 1.807) is 10.7 Å². The van der Waals surface area contributed by atoms with Gasteiger partial charge in [0.05, 0.1) is 19.3 Å². The number of hydrogen-bond donors (Lipinski definition) is 1. The van der Waals surface area contributed by atoms with E-state index in [4.69, 9.17) is 4.74 Å². The largest absolute Gasteiger partial charge is 0.370 e. The summed E-state index contributed by atoms with van der Waals surface area (Å²) in [5.41, 5.74) is 2.13. The fourth-order valence-electron chi connectivity index (χ4n) is 4.84. The van der Waals surface area contributed by atoms with Crippen LogP contribution in [0.15, 0.2) is 41.7 Å². The number of benzene rings is 1. The highest BCUT2D eigenvalue weighted by atomic mass is 127. The highest BCUT2D eigenvalue weighted by Gasteiger charge is 2.35. The van der Waals surface area contributed by atoms with Gasteiger partial charge in [-0.25, -0.2) is 4.39 Å². The summed E-state index contributed by atoms with van der Waals surface area (Å²) >= 11 is 0. The number of halogens is 2.